The van der Waals surface area contributed by atoms with Crippen molar-refractivity contribution in [1.82, 2.24) is 15.5 Å². The first-order chi connectivity index (χ1) is 9.68. The maximum Gasteiger partial charge on any atom is 0.317 e. The predicted molar refractivity (Wildman–Crippen MR) is 81.9 cm³/mol. The summed E-state index contributed by atoms with van der Waals surface area (Å²) in [6.07, 6.45) is 2.13. The molecule has 1 saturated heterocycles. The third-order valence-corrected chi connectivity index (χ3v) is 4.35. The summed E-state index contributed by atoms with van der Waals surface area (Å²) in [4.78, 5) is 13.7. The molecule has 1 aromatic carbocycles. The molecule has 0 saturated carbocycles. The average Bonchev–Trinajstić information content (AvgIpc) is 2.53. The van der Waals surface area contributed by atoms with E-state index in [1.54, 1.807) is 4.90 Å². The van der Waals surface area contributed by atoms with E-state index in [1.165, 1.54) is 5.56 Å². The van der Waals surface area contributed by atoms with E-state index in [0.29, 0.717) is 6.54 Å². The molecule has 1 aliphatic heterocycles. The maximum atomic E-state index is 12.0. The minimum absolute atomic E-state index is 0.0151. The summed E-state index contributed by atoms with van der Waals surface area (Å²) < 4.78 is 0. The van der Waals surface area contributed by atoms with Gasteiger partial charge in [-0.3, -0.25) is 0 Å². The Morgan fingerprint density at radius 1 is 1.30 bits per heavy atom. The van der Waals surface area contributed by atoms with Crippen LogP contribution >= 0.6 is 0 Å². The van der Waals surface area contributed by atoms with E-state index < -0.39 is 0 Å². The maximum absolute atomic E-state index is 12.0. The first-order valence-corrected chi connectivity index (χ1v) is 7.43. The van der Waals surface area contributed by atoms with Crippen LogP contribution in [0, 0.1) is 0 Å². The van der Waals surface area contributed by atoms with E-state index in [2.05, 4.69) is 34.9 Å². The van der Waals surface area contributed by atoms with Gasteiger partial charge in [0.2, 0.25) is 0 Å². The molecular formula is C16H25N3O. The molecule has 110 valence electrons. The molecule has 0 bridgehead atoms. The molecule has 0 unspecified atom stereocenters. The van der Waals surface area contributed by atoms with Crippen molar-refractivity contribution in [1.29, 1.82) is 0 Å². The summed E-state index contributed by atoms with van der Waals surface area (Å²) in [6, 6.07) is 10.6. The van der Waals surface area contributed by atoms with E-state index in [0.717, 1.165) is 32.5 Å². The lowest BCUT2D eigenvalue weighted by Crippen LogP contribution is -2.49. The van der Waals surface area contributed by atoms with Crippen LogP contribution in [0.4, 0.5) is 4.79 Å². The quantitative estimate of drug-likeness (QED) is 0.882. The normalized spacial score (nSPS) is 17.5. The van der Waals surface area contributed by atoms with Gasteiger partial charge in [-0.05, 0) is 38.4 Å². The largest absolute Gasteiger partial charge is 0.337 e. The number of hydrogen-bond acceptors (Lipinski definition) is 2. The zero-order valence-corrected chi connectivity index (χ0v) is 12.5. The summed E-state index contributed by atoms with van der Waals surface area (Å²) in [7, 11) is 1.83. The monoisotopic (exact) mass is 275 g/mol. The average molecular weight is 275 g/mol. The minimum atomic E-state index is 0.0151. The highest BCUT2D eigenvalue weighted by atomic mass is 16.2. The Kier molecular flexibility index (Phi) is 5.01. The van der Waals surface area contributed by atoms with Crippen LogP contribution in [0.2, 0.25) is 0 Å². The molecule has 0 aliphatic carbocycles. The van der Waals surface area contributed by atoms with Crippen LogP contribution in [0.5, 0.6) is 0 Å². The van der Waals surface area contributed by atoms with E-state index in [1.807, 2.05) is 20.0 Å². The number of amides is 2. The summed E-state index contributed by atoms with van der Waals surface area (Å²) in [5.41, 5.74) is 1.40. The molecule has 0 spiro atoms. The van der Waals surface area contributed by atoms with Gasteiger partial charge in [0.25, 0.3) is 0 Å². The zero-order chi connectivity index (χ0) is 14.4. The van der Waals surface area contributed by atoms with Gasteiger partial charge in [-0.1, -0.05) is 30.3 Å². The van der Waals surface area contributed by atoms with Crippen molar-refractivity contribution in [2.45, 2.75) is 25.2 Å². The zero-order valence-electron chi connectivity index (χ0n) is 12.5. The Balaban J connectivity index is 2.10. The van der Waals surface area contributed by atoms with Gasteiger partial charge < -0.3 is 15.5 Å². The van der Waals surface area contributed by atoms with Crippen molar-refractivity contribution in [3.05, 3.63) is 35.9 Å². The standard InChI is InChI=1S/C16H25N3O/c1-3-19(2)15(20)18-13-16(9-11-17-12-10-16)14-7-5-4-6-8-14/h4-8,17H,3,9-13H2,1-2H3,(H,18,20). The lowest BCUT2D eigenvalue weighted by molar-refractivity contribution is 0.203. The van der Waals surface area contributed by atoms with Crippen LogP contribution in [0.1, 0.15) is 25.3 Å². The smallest absolute Gasteiger partial charge is 0.317 e. The topological polar surface area (TPSA) is 44.4 Å². The Morgan fingerprint density at radius 2 is 1.95 bits per heavy atom. The van der Waals surface area contributed by atoms with Crippen LogP contribution in [0.3, 0.4) is 0 Å². The SMILES string of the molecule is CCN(C)C(=O)NCC1(c2ccccc2)CCNCC1. The van der Waals surface area contributed by atoms with Crippen molar-refractivity contribution in [3.8, 4) is 0 Å². The number of carbonyl (C=O) groups is 1. The number of carbonyl (C=O) groups excluding carboxylic acids is 1. The lowest BCUT2D eigenvalue weighted by atomic mass is 9.73. The van der Waals surface area contributed by atoms with Gasteiger partial charge in [0.15, 0.2) is 0 Å². The second-order valence-electron chi connectivity index (χ2n) is 5.57. The molecule has 2 rings (SSSR count). The molecule has 20 heavy (non-hydrogen) atoms. The molecule has 0 atom stereocenters. The van der Waals surface area contributed by atoms with E-state index >= 15 is 0 Å². The fraction of sp³-hybridized carbons (Fsp3) is 0.562. The van der Waals surface area contributed by atoms with Crippen molar-refractivity contribution < 1.29 is 4.79 Å². The second kappa shape index (κ2) is 6.75. The van der Waals surface area contributed by atoms with Gasteiger partial charge in [0, 0.05) is 25.6 Å². The molecule has 0 radical (unpaired) electrons. The van der Waals surface area contributed by atoms with Crippen LogP contribution in [-0.4, -0.2) is 44.2 Å². The van der Waals surface area contributed by atoms with Crippen LogP contribution in [-0.2, 0) is 5.41 Å². The Morgan fingerprint density at radius 3 is 2.55 bits per heavy atom. The van der Waals surface area contributed by atoms with Gasteiger partial charge in [-0.25, -0.2) is 4.79 Å². The minimum Gasteiger partial charge on any atom is -0.337 e. The molecular weight excluding hydrogens is 250 g/mol. The van der Waals surface area contributed by atoms with Gasteiger partial charge in [0.05, 0.1) is 0 Å². The third-order valence-electron chi connectivity index (χ3n) is 4.35. The number of benzene rings is 1. The van der Waals surface area contributed by atoms with Crippen LogP contribution in [0.25, 0.3) is 0 Å². The number of hydrogen-bond donors (Lipinski definition) is 2. The fourth-order valence-corrected chi connectivity index (χ4v) is 2.79. The first-order valence-electron chi connectivity index (χ1n) is 7.43. The Bertz CT molecular complexity index is 427. The first kappa shape index (κ1) is 14.9. The summed E-state index contributed by atoms with van der Waals surface area (Å²) in [6.45, 7) is 5.44. The van der Waals surface area contributed by atoms with Crippen molar-refractivity contribution in [2.75, 3.05) is 33.2 Å². The molecule has 1 aliphatic rings. The summed E-state index contributed by atoms with van der Waals surface area (Å²) in [5.74, 6) is 0. The van der Waals surface area contributed by atoms with Crippen LogP contribution in [0.15, 0.2) is 30.3 Å². The number of nitrogens with zero attached hydrogens (tertiary/aromatic N) is 1. The van der Waals surface area contributed by atoms with Crippen LogP contribution < -0.4 is 10.6 Å². The molecule has 0 aromatic heterocycles. The fourth-order valence-electron chi connectivity index (χ4n) is 2.79. The molecule has 2 N–H and O–H groups in total. The molecule has 1 aromatic rings. The molecule has 1 fully saturated rings. The van der Waals surface area contributed by atoms with E-state index in [4.69, 9.17) is 0 Å². The highest BCUT2D eigenvalue weighted by molar-refractivity contribution is 5.73. The van der Waals surface area contributed by atoms with Crippen molar-refractivity contribution >= 4 is 6.03 Å². The van der Waals surface area contributed by atoms with Crippen molar-refractivity contribution in [2.24, 2.45) is 0 Å². The number of piperidine rings is 1. The number of urea groups is 1. The highest BCUT2D eigenvalue weighted by Crippen LogP contribution is 2.32. The van der Waals surface area contributed by atoms with Crippen molar-refractivity contribution in [3.63, 3.8) is 0 Å². The predicted octanol–water partition coefficient (Wildman–Crippen LogP) is 1.97. The van der Waals surface area contributed by atoms with Gasteiger partial charge in [-0.15, -0.1) is 0 Å². The number of nitrogens with one attached hydrogen (secondary N) is 2. The van der Waals surface area contributed by atoms with E-state index in [9.17, 15) is 4.79 Å². The van der Waals surface area contributed by atoms with Gasteiger partial charge in [0.1, 0.15) is 0 Å². The van der Waals surface area contributed by atoms with Gasteiger partial charge >= 0.3 is 6.03 Å². The van der Waals surface area contributed by atoms with Gasteiger partial charge in [-0.2, -0.15) is 0 Å². The summed E-state index contributed by atoms with van der Waals surface area (Å²) >= 11 is 0. The Hall–Kier alpha value is -1.55. The molecule has 4 heteroatoms. The molecule has 4 nitrogen and oxygen atoms in total. The summed E-state index contributed by atoms with van der Waals surface area (Å²) in [5, 5.41) is 6.51. The lowest BCUT2D eigenvalue weighted by Gasteiger charge is -2.38. The molecule has 1 heterocycles. The third kappa shape index (κ3) is 3.31. The second-order valence-corrected chi connectivity index (χ2v) is 5.57. The molecule has 2 amide bonds. The number of rotatable bonds is 4. The van der Waals surface area contributed by atoms with E-state index in [-0.39, 0.29) is 11.4 Å². The Labute approximate surface area is 121 Å². The highest BCUT2D eigenvalue weighted by Gasteiger charge is 2.34.